The molecule has 0 spiro atoms. The number of hydrogen-bond acceptors (Lipinski definition) is 3. The van der Waals surface area contributed by atoms with Gasteiger partial charge in [0.1, 0.15) is 5.38 Å². The van der Waals surface area contributed by atoms with Gasteiger partial charge >= 0.3 is 0 Å². The third-order valence-corrected chi connectivity index (χ3v) is 2.98. The molecule has 1 rings (SSSR count). The highest BCUT2D eigenvalue weighted by Gasteiger charge is 2.43. The Morgan fingerprint density at radius 2 is 2.06 bits per heavy atom. The van der Waals surface area contributed by atoms with Crippen molar-refractivity contribution in [3.63, 3.8) is 0 Å². The summed E-state index contributed by atoms with van der Waals surface area (Å²) in [5.41, 5.74) is 6.76. The maximum Gasteiger partial charge on any atom is 0.279 e. The van der Waals surface area contributed by atoms with E-state index >= 15 is 0 Å². The van der Waals surface area contributed by atoms with Gasteiger partial charge in [-0.05, 0) is 19.4 Å². The van der Waals surface area contributed by atoms with Crippen LogP contribution in [0.3, 0.4) is 0 Å². The number of primary amides is 1. The second kappa shape index (κ2) is 5.49. The zero-order chi connectivity index (χ0) is 13.1. The molecule has 0 aliphatic heterocycles. The molecule has 0 bridgehead atoms. The van der Waals surface area contributed by atoms with Gasteiger partial charge in [-0.1, -0.05) is 29.8 Å². The van der Waals surface area contributed by atoms with Crippen LogP contribution in [0.15, 0.2) is 24.3 Å². The molecule has 0 aliphatic rings. The van der Waals surface area contributed by atoms with Gasteiger partial charge in [0, 0.05) is 6.61 Å². The molecule has 5 heteroatoms. The van der Waals surface area contributed by atoms with Crippen molar-refractivity contribution >= 4 is 17.5 Å². The summed E-state index contributed by atoms with van der Waals surface area (Å²) < 4.78 is 4.99. The smallest absolute Gasteiger partial charge is 0.279 e. The third kappa shape index (κ3) is 2.97. The molecule has 4 nitrogen and oxygen atoms in total. The first-order valence-electron chi connectivity index (χ1n) is 5.28. The molecule has 3 N–H and O–H groups in total. The van der Waals surface area contributed by atoms with Crippen LogP contribution in [-0.2, 0) is 9.53 Å². The predicted octanol–water partition coefficient (Wildman–Crippen LogP) is 1.49. The van der Waals surface area contributed by atoms with Crippen LogP contribution in [0.2, 0.25) is 0 Å². The number of hydrogen-bond donors (Lipinski definition) is 2. The normalized spacial score (nSPS) is 16.2. The molecule has 2 atom stereocenters. The van der Waals surface area contributed by atoms with Crippen LogP contribution in [0.25, 0.3) is 0 Å². The van der Waals surface area contributed by atoms with Gasteiger partial charge in [-0.2, -0.15) is 0 Å². The fourth-order valence-electron chi connectivity index (χ4n) is 1.45. The average molecular weight is 258 g/mol. The molecule has 0 aliphatic carbocycles. The number of alkyl halides is 1. The number of amides is 1. The lowest BCUT2D eigenvalue weighted by atomic mass is 10.0. The van der Waals surface area contributed by atoms with Crippen molar-refractivity contribution < 1.29 is 14.6 Å². The minimum atomic E-state index is -2.19. The van der Waals surface area contributed by atoms with Crippen LogP contribution in [-0.4, -0.2) is 23.4 Å². The first-order valence-corrected chi connectivity index (χ1v) is 5.72. The number of benzene rings is 1. The van der Waals surface area contributed by atoms with E-state index in [1.807, 2.05) is 19.1 Å². The van der Waals surface area contributed by atoms with Gasteiger partial charge in [0.05, 0.1) is 0 Å². The molecular weight excluding hydrogens is 242 g/mol. The molecule has 1 aromatic rings. The minimum absolute atomic E-state index is 0.133. The SMILES string of the molecule is CCOC(O)(C(N)=O)C(Cl)c1ccc(C)cc1. The summed E-state index contributed by atoms with van der Waals surface area (Å²) in [6.45, 7) is 3.71. The van der Waals surface area contributed by atoms with E-state index in [0.717, 1.165) is 5.56 Å². The number of aliphatic hydroxyl groups is 1. The summed E-state index contributed by atoms with van der Waals surface area (Å²) in [5.74, 6) is -3.19. The molecule has 17 heavy (non-hydrogen) atoms. The largest absolute Gasteiger partial charge is 0.365 e. The van der Waals surface area contributed by atoms with Crippen LogP contribution < -0.4 is 5.73 Å². The molecule has 1 amide bonds. The molecule has 94 valence electrons. The Hall–Kier alpha value is -1.10. The van der Waals surface area contributed by atoms with Crippen molar-refractivity contribution in [2.24, 2.45) is 5.73 Å². The lowest BCUT2D eigenvalue weighted by Gasteiger charge is -2.29. The first kappa shape index (κ1) is 14.0. The van der Waals surface area contributed by atoms with Crippen molar-refractivity contribution in [3.05, 3.63) is 35.4 Å². The maximum absolute atomic E-state index is 11.3. The van der Waals surface area contributed by atoms with Gasteiger partial charge < -0.3 is 15.6 Å². The number of aryl methyl sites for hydroxylation is 1. The van der Waals surface area contributed by atoms with Crippen molar-refractivity contribution in [1.82, 2.24) is 0 Å². The van der Waals surface area contributed by atoms with Crippen molar-refractivity contribution in [2.45, 2.75) is 25.0 Å². The monoisotopic (exact) mass is 257 g/mol. The van der Waals surface area contributed by atoms with Crippen molar-refractivity contribution in [3.8, 4) is 0 Å². The van der Waals surface area contributed by atoms with E-state index in [-0.39, 0.29) is 6.61 Å². The summed E-state index contributed by atoms with van der Waals surface area (Å²) in [6.07, 6.45) is 0. The Balaban J connectivity index is 3.03. The molecule has 2 unspecified atom stereocenters. The van der Waals surface area contributed by atoms with Crippen LogP contribution in [0.1, 0.15) is 23.4 Å². The van der Waals surface area contributed by atoms with Crippen LogP contribution in [0, 0.1) is 6.92 Å². The Morgan fingerprint density at radius 3 is 2.47 bits per heavy atom. The van der Waals surface area contributed by atoms with Gasteiger partial charge in [-0.3, -0.25) is 4.79 Å². The topological polar surface area (TPSA) is 72.6 Å². The van der Waals surface area contributed by atoms with E-state index in [2.05, 4.69) is 0 Å². The second-order valence-corrected chi connectivity index (χ2v) is 4.20. The van der Waals surface area contributed by atoms with E-state index in [9.17, 15) is 9.90 Å². The first-order chi connectivity index (χ1) is 7.91. The lowest BCUT2D eigenvalue weighted by Crippen LogP contribution is -2.49. The van der Waals surface area contributed by atoms with Crippen LogP contribution >= 0.6 is 11.6 Å². The van der Waals surface area contributed by atoms with Gasteiger partial charge in [-0.15, -0.1) is 11.6 Å². The standard InChI is InChI=1S/C12H16ClNO3/c1-3-17-12(16,11(14)15)10(13)9-6-4-8(2)5-7-9/h4-7,10,16H,3H2,1-2H3,(H2,14,15). The molecular formula is C12H16ClNO3. The summed E-state index contributed by atoms with van der Waals surface area (Å²) in [5, 5.41) is 9.01. The molecule has 0 heterocycles. The van der Waals surface area contributed by atoms with Crippen LogP contribution in [0.4, 0.5) is 0 Å². The summed E-state index contributed by atoms with van der Waals surface area (Å²) in [4.78, 5) is 11.3. The van der Waals surface area contributed by atoms with E-state index < -0.39 is 17.1 Å². The Kier molecular flexibility index (Phi) is 4.51. The Morgan fingerprint density at radius 1 is 1.53 bits per heavy atom. The summed E-state index contributed by atoms with van der Waals surface area (Å²) in [6, 6.07) is 7.11. The highest BCUT2D eigenvalue weighted by atomic mass is 35.5. The molecule has 0 radical (unpaired) electrons. The summed E-state index contributed by atoms with van der Waals surface area (Å²) in [7, 11) is 0. The Bertz CT molecular complexity index is 393. The number of rotatable bonds is 5. The quantitative estimate of drug-likeness (QED) is 0.620. The summed E-state index contributed by atoms with van der Waals surface area (Å²) >= 11 is 6.06. The van der Waals surface area contributed by atoms with Crippen LogP contribution in [0.5, 0.6) is 0 Å². The van der Waals surface area contributed by atoms with Gasteiger partial charge in [0.25, 0.3) is 11.7 Å². The second-order valence-electron chi connectivity index (χ2n) is 3.77. The molecule has 0 saturated heterocycles. The van der Waals surface area contributed by atoms with Gasteiger partial charge in [0.2, 0.25) is 0 Å². The average Bonchev–Trinajstić information content (AvgIpc) is 2.29. The number of ether oxygens (including phenoxy) is 1. The zero-order valence-electron chi connectivity index (χ0n) is 9.81. The minimum Gasteiger partial charge on any atom is -0.365 e. The lowest BCUT2D eigenvalue weighted by molar-refractivity contribution is -0.204. The van der Waals surface area contributed by atoms with E-state index in [4.69, 9.17) is 22.1 Å². The van der Waals surface area contributed by atoms with Gasteiger partial charge in [0.15, 0.2) is 0 Å². The van der Waals surface area contributed by atoms with E-state index in [1.54, 1.807) is 19.1 Å². The zero-order valence-corrected chi connectivity index (χ0v) is 10.6. The molecule has 0 aromatic heterocycles. The predicted molar refractivity (Wildman–Crippen MR) is 65.5 cm³/mol. The van der Waals surface area contributed by atoms with E-state index in [1.165, 1.54) is 0 Å². The molecule has 0 saturated carbocycles. The number of carbonyl (C=O) groups excluding carboxylic acids is 1. The van der Waals surface area contributed by atoms with Crippen molar-refractivity contribution in [1.29, 1.82) is 0 Å². The Labute approximate surface area is 105 Å². The van der Waals surface area contributed by atoms with Crippen molar-refractivity contribution in [2.75, 3.05) is 6.61 Å². The molecule has 1 aromatic carbocycles. The number of nitrogens with two attached hydrogens (primary N) is 1. The third-order valence-electron chi connectivity index (χ3n) is 2.43. The fourth-order valence-corrected chi connectivity index (χ4v) is 1.77. The number of carbonyl (C=O) groups is 1. The number of halogens is 1. The highest BCUT2D eigenvalue weighted by Crippen LogP contribution is 2.33. The van der Waals surface area contributed by atoms with Gasteiger partial charge in [-0.25, -0.2) is 0 Å². The molecule has 0 fully saturated rings. The van der Waals surface area contributed by atoms with E-state index in [0.29, 0.717) is 5.56 Å². The highest BCUT2D eigenvalue weighted by molar-refractivity contribution is 6.23. The maximum atomic E-state index is 11.3. The fraction of sp³-hybridized carbons (Fsp3) is 0.417.